The summed E-state index contributed by atoms with van der Waals surface area (Å²) in [6.07, 6.45) is 1.94. The van der Waals surface area contributed by atoms with Crippen molar-refractivity contribution in [1.29, 1.82) is 0 Å². The van der Waals surface area contributed by atoms with Crippen LogP contribution in [0.5, 0.6) is 0 Å². The van der Waals surface area contributed by atoms with E-state index < -0.39 is 0 Å². The van der Waals surface area contributed by atoms with E-state index >= 15 is 0 Å². The Kier molecular flexibility index (Phi) is 9.07. The van der Waals surface area contributed by atoms with Crippen molar-refractivity contribution in [2.75, 3.05) is 0 Å². The highest BCUT2D eigenvalue weighted by Gasteiger charge is 2.51. The van der Waals surface area contributed by atoms with Gasteiger partial charge in [-0.15, -0.1) is 0 Å². The summed E-state index contributed by atoms with van der Waals surface area (Å²) in [5.74, 6) is 0.224. The van der Waals surface area contributed by atoms with Crippen LogP contribution >= 0.6 is 0 Å². The van der Waals surface area contributed by atoms with Crippen LogP contribution in [0.3, 0.4) is 0 Å². The Bertz CT molecular complexity index is 3560. The van der Waals surface area contributed by atoms with Gasteiger partial charge in [-0.1, -0.05) is 243 Å². The predicted molar refractivity (Wildman–Crippen MR) is 277 cm³/mol. The lowest BCUT2D eigenvalue weighted by molar-refractivity contribution is 0.718. The molecule has 0 heteroatoms. The molecule has 0 nitrogen and oxygen atoms in total. The maximum atomic E-state index is 2.52. The second-order valence-electron chi connectivity index (χ2n) is 18.2. The number of benzene rings is 11. The minimum absolute atomic E-state index is 0.224. The molecule has 1 unspecified atom stereocenters. The van der Waals surface area contributed by atoms with Crippen molar-refractivity contribution in [2.24, 2.45) is 0 Å². The van der Waals surface area contributed by atoms with Crippen LogP contribution in [0.4, 0.5) is 0 Å². The molecule has 0 heterocycles. The average molecular weight is 839 g/mol. The molecule has 0 aliphatic heterocycles. The second kappa shape index (κ2) is 15.6. The van der Waals surface area contributed by atoms with Crippen molar-refractivity contribution < 1.29 is 0 Å². The van der Waals surface area contributed by atoms with Crippen molar-refractivity contribution in [3.63, 3.8) is 0 Å². The van der Waals surface area contributed by atoms with Gasteiger partial charge >= 0.3 is 0 Å². The molecule has 0 bridgehead atoms. The zero-order valence-electron chi connectivity index (χ0n) is 36.7. The Hall–Kier alpha value is -8.06. The van der Waals surface area contributed by atoms with Gasteiger partial charge in [-0.25, -0.2) is 0 Å². The van der Waals surface area contributed by atoms with Gasteiger partial charge in [0.25, 0.3) is 0 Å². The first-order valence-corrected chi connectivity index (χ1v) is 23.4. The first kappa shape index (κ1) is 38.4. The predicted octanol–water partition coefficient (Wildman–Crippen LogP) is 17.1. The maximum Gasteiger partial charge on any atom is 0.0725 e. The third-order valence-corrected chi connectivity index (χ3v) is 14.9. The SMILES string of the molecule is c1ccc(-c2ccc(C(CCc3ccc(-c4ccc5c(c4)C4(c6ccccc6-c6ccccc64)c4ccccc4-5)c4ccccc34)c3ccc(-c4cccc5ccccc45)cc3)cc2)cc1. The Morgan fingerprint density at radius 1 is 0.288 bits per heavy atom. The van der Waals surface area contributed by atoms with Gasteiger partial charge < -0.3 is 0 Å². The van der Waals surface area contributed by atoms with Gasteiger partial charge in [-0.2, -0.15) is 0 Å². The highest BCUT2D eigenvalue weighted by atomic mass is 14.5. The van der Waals surface area contributed by atoms with Crippen molar-refractivity contribution in [3.05, 3.63) is 288 Å². The minimum Gasteiger partial charge on any atom is -0.0622 e. The lowest BCUT2D eigenvalue weighted by Crippen LogP contribution is -2.25. The van der Waals surface area contributed by atoms with E-state index in [1.165, 1.54) is 116 Å². The Morgan fingerprint density at radius 3 is 1.41 bits per heavy atom. The molecule has 0 fully saturated rings. The fraction of sp³-hybridized carbons (Fsp3) is 0.0606. The van der Waals surface area contributed by atoms with E-state index in [-0.39, 0.29) is 11.3 Å². The first-order valence-electron chi connectivity index (χ1n) is 23.4. The molecular formula is C66H46. The van der Waals surface area contributed by atoms with Crippen LogP contribution < -0.4 is 0 Å². The summed E-state index contributed by atoms with van der Waals surface area (Å²) in [6.45, 7) is 0. The summed E-state index contributed by atoms with van der Waals surface area (Å²) in [5.41, 5.74) is 22.1. The smallest absolute Gasteiger partial charge is 0.0622 e. The van der Waals surface area contributed by atoms with Crippen molar-refractivity contribution in [3.8, 4) is 55.6 Å². The molecule has 1 atom stereocenters. The van der Waals surface area contributed by atoms with Gasteiger partial charge in [0.05, 0.1) is 5.41 Å². The van der Waals surface area contributed by atoms with E-state index in [4.69, 9.17) is 0 Å². The molecule has 0 aromatic heterocycles. The first-order chi connectivity index (χ1) is 32.7. The fourth-order valence-corrected chi connectivity index (χ4v) is 11.8. The molecular weight excluding hydrogens is 793 g/mol. The number of rotatable bonds is 8. The summed E-state index contributed by atoms with van der Waals surface area (Å²) in [4.78, 5) is 0. The molecule has 1 spiro atoms. The number of fused-ring (bicyclic) bond motifs is 12. The summed E-state index contributed by atoms with van der Waals surface area (Å²) >= 11 is 0. The monoisotopic (exact) mass is 838 g/mol. The summed E-state index contributed by atoms with van der Waals surface area (Å²) in [5, 5.41) is 5.18. The molecule has 0 saturated carbocycles. The molecule has 0 saturated heterocycles. The van der Waals surface area contributed by atoms with Crippen LogP contribution in [0, 0.1) is 0 Å². The van der Waals surface area contributed by atoms with E-state index in [0.717, 1.165) is 12.8 Å². The lowest BCUT2D eigenvalue weighted by Gasteiger charge is -2.30. The van der Waals surface area contributed by atoms with Gasteiger partial charge in [0.15, 0.2) is 0 Å². The maximum absolute atomic E-state index is 2.52. The van der Waals surface area contributed by atoms with Crippen LogP contribution in [-0.2, 0) is 11.8 Å². The lowest BCUT2D eigenvalue weighted by atomic mass is 9.70. The zero-order chi connectivity index (χ0) is 43.6. The Morgan fingerprint density at radius 2 is 0.742 bits per heavy atom. The van der Waals surface area contributed by atoms with Gasteiger partial charge in [0.1, 0.15) is 0 Å². The molecule has 13 rings (SSSR count). The third-order valence-electron chi connectivity index (χ3n) is 14.9. The van der Waals surface area contributed by atoms with Crippen LogP contribution in [-0.4, -0.2) is 0 Å². The standard InChI is InChI=1S/C66H46/c1-2-15-44(16-3-1)45-29-31-47(32-30-45)52(48-33-35-49(36-34-48)54-25-14-18-46-17-4-5-19-53(46)54)40-37-50-38-41-56(57-21-7-6-20-55(50)57)51-39-42-61-60-24-10-13-28-64(60)66(65(61)43-51)62-26-11-8-22-58(62)59-23-9-12-27-63(59)66/h1-36,38-39,41-43,52H,37,40H2. The summed E-state index contributed by atoms with van der Waals surface area (Å²) in [6, 6.07) is 93.2. The largest absolute Gasteiger partial charge is 0.0725 e. The van der Waals surface area contributed by atoms with Crippen LogP contribution in [0.2, 0.25) is 0 Å². The molecule has 0 N–H and O–H groups in total. The second-order valence-corrected chi connectivity index (χ2v) is 18.2. The normalized spacial score (nSPS) is 13.3. The molecule has 310 valence electrons. The van der Waals surface area contributed by atoms with Crippen molar-refractivity contribution >= 4 is 21.5 Å². The van der Waals surface area contributed by atoms with E-state index in [2.05, 4.69) is 249 Å². The Balaban J connectivity index is 0.882. The topological polar surface area (TPSA) is 0 Å². The van der Waals surface area contributed by atoms with E-state index in [9.17, 15) is 0 Å². The molecule has 0 radical (unpaired) electrons. The van der Waals surface area contributed by atoms with E-state index in [1.807, 2.05) is 0 Å². The van der Waals surface area contributed by atoms with Gasteiger partial charge in [0, 0.05) is 5.92 Å². The average Bonchev–Trinajstić information content (AvgIpc) is 3.86. The van der Waals surface area contributed by atoms with Crippen LogP contribution in [0.1, 0.15) is 51.3 Å². The summed E-state index contributed by atoms with van der Waals surface area (Å²) < 4.78 is 0. The highest BCUT2D eigenvalue weighted by Crippen LogP contribution is 2.63. The van der Waals surface area contributed by atoms with Crippen molar-refractivity contribution in [1.82, 2.24) is 0 Å². The van der Waals surface area contributed by atoms with Gasteiger partial charge in [-0.3, -0.25) is 0 Å². The third kappa shape index (κ3) is 5.99. The van der Waals surface area contributed by atoms with E-state index in [0.29, 0.717) is 0 Å². The molecule has 66 heavy (non-hydrogen) atoms. The van der Waals surface area contributed by atoms with Gasteiger partial charge in [0.2, 0.25) is 0 Å². The van der Waals surface area contributed by atoms with Crippen LogP contribution in [0.25, 0.3) is 77.2 Å². The minimum atomic E-state index is -0.369. The molecule has 0 amide bonds. The Labute approximate surface area is 387 Å². The quantitative estimate of drug-likeness (QED) is 0.143. The molecule has 2 aliphatic rings. The highest BCUT2D eigenvalue weighted by molar-refractivity contribution is 6.01. The van der Waals surface area contributed by atoms with Gasteiger partial charge in [-0.05, 0) is 135 Å². The molecule has 11 aromatic rings. The van der Waals surface area contributed by atoms with Crippen LogP contribution in [0.15, 0.2) is 249 Å². The number of hydrogen-bond acceptors (Lipinski definition) is 0. The van der Waals surface area contributed by atoms with Crippen molar-refractivity contribution in [2.45, 2.75) is 24.2 Å². The zero-order valence-corrected chi connectivity index (χ0v) is 36.7. The number of aryl methyl sites for hydroxylation is 1. The molecule has 11 aromatic carbocycles. The van der Waals surface area contributed by atoms with E-state index in [1.54, 1.807) is 0 Å². The summed E-state index contributed by atoms with van der Waals surface area (Å²) in [7, 11) is 0. The number of hydrogen-bond donors (Lipinski definition) is 0. The molecule has 2 aliphatic carbocycles. The fourth-order valence-electron chi connectivity index (χ4n) is 11.8.